The lowest BCUT2D eigenvalue weighted by atomic mass is 10.3. The molecular formula is C12H14N4O2. The van der Waals surface area contributed by atoms with Gasteiger partial charge in [-0.05, 0) is 12.5 Å². The fraction of sp³-hybridized carbons (Fsp3) is 0.250. The lowest BCUT2D eigenvalue weighted by Gasteiger charge is -2.05. The minimum Gasteiger partial charge on any atom is -0.352 e. The van der Waals surface area contributed by atoms with Crippen LogP contribution in [0.5, 0.6) is 0 Å². The van der Waals surface area contributed by atoms with Crippen molar-refractivity contribution in [1.82, 2.24) is 20.1 Å². The maximum Gasteiger partial charge on any atom is 0.254 e. The van der Waals surface area contributed by atoms with Crippen molar-refractivity contribution in [2.24, 2.45) is 0 Å². The van der Waals surface area contributed by atoms with E-state index in [9.17, 15) is 9.59 Å². The molecule has 2 rings (SSSR count). The predicted molar refractivity (Wildman–Crippen MR) is 66.2 cm³/mol. The molecule has 0 radical (unpaired) electrons. The lowest BCUT2D eigenvalue weighted by molar-refractivity contribution is 0.0953. The predicted octanol–water partition coefficient (Wildman–Crippen LogP) is 0.391. The Kier molecular flexibility index (Phi) is 3.90. The van der Waals surface area contributed by atoms with Gasteiger partial charge in [-0.15, -0.1) is 0 Å². The smallest absolute Gasteiger partial charge is 0.254 e. The van der Waals surface area contributed by atoms with Crippen molar-refractivity contribution in [3.8, 4) is 0 Å². The number of nitrogens with zero attached hydrogens (tertiary/aromatic N) is 2. The van der Waals surface area contributed by atoms with Crippen LogP contribution in [-0.4, -0.2) is 27.2 Å². The molecule has 2 N–H and O–H groups in total. The molecule has 0 aliphatic heterocycles. The molecule has 0 bridgehead atoms. The van der Waals surface area contributed by atoms with Gasteiger partial charge in [-0.25, -0.2) is 0 Å². The van der Waals surface area contributed by atoms with E-state index in [0.29, 0.717) is 25.1 Å². The van der Waals surface area contributed by atoms with E-state index in [1.165, 1.54) is 18.5 Å². The van der Waals surface area contributed by atoms with E-state index in [2.05, 4.69) is 15.5 Å². The molecule has 0 atom stereocenters. The van der Waals surface area contributed by atoms with Gasteiger partial charge in [0.25, 0.3) is 5.91 Å². The molecule has 2 aromatic rings. The number of carbonyl (C=O) groups is 1. The van der Waals surface area contributed by atoms with Gasteiger partial charge < -0.3 is 9.88 Å². The van der Waals surface area contributed by atoms with Crippen LogP contribution in [0.1, 0.15) is 16.8 Å². The summed E-state index contributed by atoms with van der Waals surface area (Å²) in [5.41, 5.74) is 0.477. The van der Waals surface area contributed by atoms with Crippen LogP contribution >= 0.6 is 0 Å². The first-order valence-corrected chi connectivity index (χ1v) is 5.70. The number of aromatic nitrogens is 3. The Morgan fingerprint density at radius 2 is 2.33 bits per heavy atom. The summed E-state index contributed by atoms with van der Waals surface area (Å²) in [6.45, 7) is 1.11. The molecule has 2 heterocycles. The summed E-state index contributed by atoms with van der Waals surface area (Å²) in [5, 5.41) is 9.04. The Morgan fingerprint density at radius 1 is 1.44 bits per heavy atom. The minimum absolute atomic E-state index is 0.0290. The van der Waals surface area contributed by atoms with Gasteiger partial charge in [0, 0.05) is 31.5 Å². The zero-order chi connectivity index (χ0) is 12.8. The Morgan fingerprint density at radius 3 is 3.06 bits per heavy atom. The van der Waals surface area contributed by atoms with Gasteiger partial charge in [0.2, 0.25) is 5.56 Å². The molecule has 94 valence electrons. The summed E-state index contributed by atoms with van der Waals surface area (Å²) in [6, 6.07) is 5.04. The van der Waals surface area contributed by atoms with Gasteiger partial charge in [0.05, 0.1) is 11.8 Å². The maximum atomic E-state index is 11.5. The first-order chi connectivity index (χ1) is 8.77. The number of H-pyrrole nitrogens is 1. The normalized spacial score (nSPS) is 10.2. The van der Waals surface area contributed by atoms with Crippen molar-refractivity contribution in [3.05, 3.63) is 52.7 Å². The second kappa shape index (κ2) is 5.81. The first-order valence-electron chi connectivity index (χ1n) is 5.70. The van der Waals surface area contributed by atoms with Crippen LogP contribution in [-0.2, 0) is 6.54 Å². The highest BCUT2D eigenvalue weighted by Gasteiger charge is 2.04. The number of aromatic amines is 1. The Balaban J connectivity index is 1.75. The highest BCUT2D eigenvalue weighted by atomic mass is 16.1. The van der Waals surface area contributed by atoms with Gasteiger partial charge >= 0.3 is 0 Å². The van der Waals surface area contributed by atoms with Gasteiger partial charge in [-0.1, -0.05) is 6.07 Å². The maximum absolute atomic E-state index is 11.5. The van der Waals surface area contributed by atoms with Gasteiger partial charge in [0.15, 0.2) is 0 Å². The second-order valence-corrected chi connectivity index (χ2v) is 3.83. The zero-order valence-electron chi connectivity index (χ0n) is 9.80. The lowest BCUT2D eigenvalue weighted by Crippen LogP contribution is -2.26. The van der Waals surface area contributed by atoms with Crippen molar-refractivity contribution in [1.29, 1.82) is 0 Å². The van der Waals surface area contributed by atoms with Gasteiger partial charge in [-0.2, -0.15) is 5.10 Å². The number of carbonyl (C=O) groups excluding carboxylic acids is 1. The average Bonchev–Trinajstić information content (AvgIpc) is 2.90. The van der Waals surface area contributed by atoms with Crippen LogP contribution in [0.25, 0.3) is 0 Å². The molecule has 0 saturated heterocycles. The minimum atomic E-state index is -0.163. The summed E-state index contributed by atoms with van der Waals surface area (Å²) < 4.78 is 1.62. The van der Waals surface area contributed by atoms with Crippen LogP contribution in [0.4, 0.5) is 0 Å². The van der Waals surface area contributed by atoms with E-state index >= 15 is 0 Å². The Hall–Kier alpha value is -2.37. The fourth-order valence-corrected chi connectivity index (χ4v) is 1.57. The van der Waals surface area contributed by atoms with Crippen molar-refractivity contribution in [3.63, 3.8) is 0 Å². The number of hydrogen-bond acceptors (Lipinski definition) is 3. The van der Waals surface area contributed by atoms with E-state index in [4.69, 9.17) is 0 Å². The Labute approximate surface area is 104 Å². The summed E-state index contributed by atoms with van der Waals surface area (Å²) in [7, 11) is 0. The number of amides is 1. The van der Waals surface area contributed by atoms with E-state index in [0.717, 1.165) is 0 Å². The van der Waals surface area contributed by atoms with Crippen molar-refractivity contribution >= 4 is 5.91 Å². The summed E-state index contributed by atoms with van der Waals surface area (Å²) in [4.78, 5) is 22.9. The van der Waals surface area contributed by atoms with Crippen molar-refractivity contribution in [2.45, 2.75) is 13.0 Å². The van der Waals surface area contributed by atoms with E-state index in [1.54, 1.807) is 16.8 Å². The van der Waals surface area contributed by atoms with E-state index < -0.39 is 0 Å². The van der Waals surface area contributed by atoms with Crippen LogP contribution < -0.4 is 10.9 Å². The molecule has 0 fully saturated rings. The molecule has 0 unspecified atom stereocenters. The number of pyridine rings is 1. The fourth-order valence-electron chi connectivity index (χ4n) is 1.57. The van der Waals surface area contributed by atoms with Crippen molar-refractivity contribution in [2.75, 3.05) is 6.54 Å². The quantitative estimate of drug-likeness (QED) is 0.749. The summed E-state index contributed by atoms with van der Waals surface area (Å²) in [5.74, 6) is -0.163. The molecule has 0 aliphatic carbocycles. The van der Waals surface area contributed by atoms with E-state index in [-0.39, 0.29) is 11.5 Å². The third-order valence-corrected chi connectivity index (χ3v) is 2.52. The molecule has 18 heavy (non-hydrogen) atoms. The summed E-state index contributed by atoms with van der Waals surface area (Å²) >= 11 is 0. The monoisotopic (exact) mass is 246 g/mol. The number of rotatable bonds is 5. The molecule has 6 nitrogen and oxygen atoms in total. The average molecular weight is 246 g/mol. The van der Waals surface area contributed by atoms with Gasteiger partial charge in [0.1, 0.15) is 0 Å². The van der Waals surface area contributed by atoms with Crippen LogP contribution in [0.15, 0.2) is 41.6 Å². The number of aryl methyl sites for hydroxylation is 1. The SMILES string of the molecule is O=C(NCCCn1ccccc1=O)c1cn[nH]c1. The molecule has 2 aromatic heterocycles. The van der Waals surface area contributed by atoms with Crippen LogP contribution in [0.3, 0.4) is 0 Å². The molecule has 0 aromatic carbocycles. The molecule has 0 spiro atoms. The van der Waals surface area contributed by atoms with Crippen molar-refractivity contribution < 1.29 is 4.79 Å². The first kappa shape index (κ1) is 12.1. The molecular weight excluding hydrogens is 232 g/mol. The highest BCUT2D eigenvalue weighted by Crippen LogP contribution is 1.93. The second-order valence-electron chi connectivity index (χ2n) is 3.83. The standard InChI is InChI=1S/C12H14N4O2/c17-11-4-1-2-6-16(11)7-3-5-13-12(18)10-8-14-15-9-10/h1-2,4,6,8-9H,3,5,7H2,(H,13,18)(H,14,15). The van der Waals surface area contributed by atoms with Crippen LogP contribution in [0, 0.1) is 0 Å². The Bertz CT molecular complexity index is 559. The molecule has 0 aliphatic rings. The molecule has 0 saturated carbocycles. The third kappa shape index (κ3) is 3.07. The molecule has 6 heteroatoms. The van der Waals surface area contributed by atoms with Gasteiger partial charge in [-0.3, -0.25) is 14.7 Å². The van der Waals surface area contributed by atoms with Crippen LogP contribution in [0.2, 0.25) is 0 Å². The zero-order valence-corrected chi connectivity index (χ0v) is 9.80. The largest absolute Gasteiger partial charge is 0.352 e. The topological polar surface area (TPSA) is 79.8 Å². The number of hydrogen-bond donors (Lipinski definition) is 2. The van der Waals surface area contributed by atoms with E-state index in [1.807, 2.05) is 6.07 Å². The highest BCUT2D eigenvalue weighted by molar-refractivity contribution is 5.93. The number of nitrogens with one attached hydrogen (secondary N) is 2. The summed E-state index contributed by atoms with van der Waals surface area (Å²) in [6.07, 6.45) is 5.45. The third-order valence-electron chi connectivity index (χ3n) is 2.52. The molecule has 1 amide bonds.